The number of hydrogen-bond donors (Lipinski definition) is 4. The van der Waals surface area contributed by atoms with Crippen molar-refractivity contribution in [2.24, 2.45) is 0 Å². The molecular formula is C30H40FN11O12P2S2. The van der Waals surface area contributed by atoms with Gasteiger partial charge in [0.15, 0.2) is 47.7 Å². The van der Waals surface area contributed by atoms with Gasteiger partial charge in [-0.1, -0.05) is 12.2 Å². The van der Waals surface area contributed by atoms with Crippen LogP contribution in [0.4, 0.5) is 20.8 Å². The van der Waals surface area contributed by atoms with Crippen LogP contribution in [-0.4, -0.2) is 130 Å². The molecule has 0 spiro atoms. The normalized spacial score (nSPS) is 31.9. The van der Waals surface area contributed by atoms with Crippen molar-refractivity contribution in [1.29, 1.82) is 0 Å². The van der Waals surface area contributed by atoms with Gasteiger partial charge in [0.1, 0.15) is 53.7 Å². The molecular weight excluding hydrogens is 851 g/mol. The summed E-state index contributed by atoms with van der Waals surface area (Å²) in [5, 5.41) is 0. The number of rotatable bonds is 7. The highest BCUT2D eigenvalue weighted by Crippen LogP contribution is 2.58. The largest absolute Gasteiger partial charge is 0.455 e. The van der Waals surface area contributed by atoms with Crippen LogP contribution in [0.2, 0.25) is 0 Å². The molecule has 1 amide bonds. The molecule has 3 unspecified atom stereocenters. The van der Waals surface area contributed by atoms with Gasteiger partial charge < -0.3 is 44.7 Å². The van der Waals surface area contributed by atoms with Crippen LogP contribution in [0.1, 0.15) is 46.1 Å². The number of fused-ring (bicyclic) bond motifs is 4. The van der Waals surface area contributed by atoms with Crippen molar-refractivity contribution in [3.8, 4) is 0 Å². The number of nitrogens with zero attached hydrogens (tertiary/aromatic N) is 9. The summed E-state index contributed by atoms with van der Waals surface area (Å²) in [4.78, 5) is 63.3. The number of nitrogens with two attached hydrogens (primary N) is 2. The van der Waals surface area contributed by atoms with Crippen LogP contribution in [0, 0.1) is 0 Å². The van der Waals surface area contributed by atoms with Crippen molar-refractivity contribution in [3.63, 3.8) is 0 Å². The molecule has 3 fully saturated rings. The fourth-order valence-electron chi connectivity index (χ4n) is 6.42. The van der Waals surface area contributed by atoms with E-state index in [1.54, 1.807) is 20.8 Å². The van der Waals surface area contributed by atoms with Crippen LogP contribution >= 0.6 is 25.8 Å². The third kappa shape index (κ3) is 9.06. The average molecular weight is 892 g/mol. The molecule has 5 N–H and O–H groups in total. The standard InChI is InChI=1S/C30H40FN11O12P2S2/c1-30(2,3)52-29(44)40(4)7-5-6-16(43)51-22-21-15(50-28(22)42-13-39-19-24(33)35-11-37-26(19)42)9-48-55(45,57)53-20-14(8-47-56(46,58)54-21)49-27(17(20)31)41-12-38-18-23(32)34-10-36-25(18)41/h10-15,17,20-22,27-28H,5-9H2,1-4H3,(H,45,57)(H,46,58)(H2,32,34,36)(H2,33,35,37)/t14?,15-,17-,20-,21-,22-,27-,28-,55?,56?/m1/s1. The monoisotopic (exact) mass is 891 g/mol. The highest BCUT2D eigenvalue weighted by Gasteiger charge is 2.55. The van der Waals surface area contributed by atoms with Gasteiger partial charge >= 0.3 is 25.6 Å². The fraction of sp³-hybridized carbons (Fsp3) is 0.600. The van der Waals surface area contributed by atoms with Crippen LogP contribution in [0.25, 0.3) is 22.3 Å². The van der Waals surface area contributed by atoms with Gasteiger partial charge in [0.25, 0.3) is 0 Å². The number of nitrogen functional groups attached to an aromatic ring is 2. The van der Waals surface area contributed by atoms with Crippen LogP contribution in [0.15, 0.2) is 25.3 Å². The molecule has 58 heavy (non-hydrogen) atoms. The molecule has 7 heterocycles. The SMILES string of the molecule is CN(CCCC(=O)O[C@@H]1[C@@H]2OP(O)(=S)OCC3O[C@@H](n4cnc5c(N)ncnc54)[C@H](F)[C@@H]3OP(=O)(S)OC[C@H]2O[C@H]1n1cnc2c(N)ncnc21)C(=O)OC(C)(C)C. The Morgan fingerprint density at radius 1 is 0.966 bits per heavy atom. The summed E-state index contributed by atoms with van der Waals surface area (Å²) >= 11 is 9.52. The summed E-state index contributed by atoms with van der Waals surface area (Å²) in [7, 11) is 1.52. The fourth-order valence-corrected chi connectivity index (χ4v) is 9.34. The first-order valence-electron chi connectivity index (χ1n) is 17.6. The number of hydrogen-bond acceptors (Lipinski definition) is 20. The zero-order chi connectivity index (χ0) is 41.7. The van der Waals surface area contributed by atoms with E-state index < -0.39 is 93.5 Å². The Kier molecular flexibility index (Phi) is 12.0. The molecule has 10 atom stereocenters. The summed E-state index contributed by atoms with van der Waals surface area (Å²) < 4.78 is 79.3. The lowest BCUT2D eigenvalue weighted by Crippen LogP contribution is -2.40. The molecule has 3 aliphatic rings. The Morgan fingerprint density at radius 3 is 2.16 bits per heavy atom. The number of amides is 1. The zero-order valence-electron chi connectivity index (χ0n) is 31.2. The van der Waals surface area contributed by atoms with E-state index in [1.807, 2.05) is 0 Å². The molecule has 7 rings (SSSR count). The summed E-state index contributed by atoms with van der Waals surface area (Å²) in [5.41, 5.74) is 11.9. The number of carbonyl (C=O) groups is 2. The van der Waals surface area contributed by atoms with E-state index in [0.717, 1.165) is 6.33 Å². The van der Waals surface area contributed by atoms with Crippen LogP contribution in [0.5, 0.6) is 0 Å². The number of aromatic nitrogens is 8. The predicted molar refractivity (Wildman–Crippen MR) is 205 cm³/mol. The maximum absolute atomic E-state index is 16.3. The zero-order valence-corrected chi connectivity index (χ0v) is 34.7. The molecule has 3 aliphatic heterocycles. The number of carbonyl (C=O) groups excluding carboxylic acids is 2. The molecule has 28 heteroatoms. The van der Waals surface area contributed by atoms with Crippen molar-refractivity contribution in [1.82, 2.24) is 43.9 Å². The average Bonchev–Trinajstić information content (AvgIpc) is 3.91. The van der Waals surface area contributed by atoms with Crippen LogP contribution in [0.3, 0.4) is 0 Å². The minimum atomic E-state index is -4.48. The van der Waals surface area contributed by atoms with Gasteiger partial charge in [0.2, 0.25) is 0 Å². The van der Waals surface area contributed by atoms with Crippen molar-refractivity contribution in [3.05, 3.63) is 25.3 Å². The number of esters is 1. The van der Waals surface area contributed by atoms with E-state index in [0.29, 0.717) is 0 Å². The Hall–Kier alpha value is -3.68. The van der Waals surface area contributed by atoms with E-state index in [4.69, 9.17) is 60.3 Å². The van der Waals surface area contributed by atoms with Crippen LogP contribution in [-0.2, 0) is 58.2 Å². The second kappa shape index (κ2) is 16.4. The molecule has 23 nitrogen and oxygen atoms in total. The van der Waals surface area contributed by atoms with Gasteiger partial charge in [-0.25, -0.2) is 43.7 Å². The lowest BCUT2D eigenvalue weighted by molar-refractivity contribution is -0.158. The molecule has 0 radical (unpaired) electrons. The highest BCUT2D eigenvalue weighted by atomic mass is 32.7. The first-order valence-corrected chi connectivity index (χ1v) is 22.9. The summed E-state index contributed by atoms with van der Waals surface area (Å²) in [6, 6.07) is 0. The number of ether oxygens (including phenoxy) is 4. The number of alkyl halides is 1. The van der Waals surface area contributed by atoms with E-state index in [-0.39, 0.29) is 53.3 Å². The highest BCUT2D eigenvalue weighted by molar-refractivity contribution is 8.44. The van der Waals surface area contributed by atoms with Gasteiger partial charge in [-0.15, -0.1) is 0 Å². The third-order valence-corrected chi connectivity index (χ3v) is 12.2. The van der Waals surface area contributed by atoms with Crippen molar-refractivity contribution >= 4 is 83.6 Å². The quantitative estimate of drug-likeness (QED) is 0.118. The number of halogens is 1. The first kappa shape index (κ1) is 42.4. The Balaban J connectivity index is 1.14. The first-order chi connectivity index (χ1) is 27.3. The molecule has 0 aromatic carbocycles. The van der Waals surface area contributed by atoms with E-state index in [9.17, 15) is 19.0 Å². The summed E-state index contributed by atoms with van der Waals surface area (Å²) in [6.07, 6.45) is -7.79. The van der Waals surface area contributed by atoms with E-state index >= 15 is 4.39 Å². The van der Waals surface area contributed by atoms with Crippen LogP contribution < -0.4 is 11.5 Å². The summed E-state index contributed by atoms with van der Waals surface area (Å²) in [6.45, 7) is -4.80. The Labute approximate surface area is 339 Å². The van der Waals surface area contributed by atoms with Gasteiger partial charge in [0.05, 0.1) is 25.9 Å². The molecule has 4 aromatic heterocycles. The second-order valence-corrected chi connectivity index (χ2v) is 20.0. The number of anilines is 2. The molecule has 0 bridgehead atoms. The van der Waals surface area contributed by atoms with Crippen molar-refractivity contribution in [2.75, 3.05) is 38.3 Å². The smallest absolute Gasteiger partial charge is 0.410 e. The van der Waals surface area contributed by atoms with Gasteiger partial charge in [-0.3, -0.25) is 27.5 Å². The lowest BCUT2D eigenvalue weighted by atomic mass is 10.1. The topological polar surface area (TPSA) is 288 Å². The predicted octanol–water partition coefficient (Wildman–Crippen LogP) is 2.59. The van der Waals surface area contributed by atoms with Gasteiger partial charge in [0, 0.05) is 20.0 Å². The molecule has 4 aromatic rings. The summed E-state index contributed by atoms with van der Waals surface area (Å²) in [5.74, 6) is -0.677. The molecule has 316 valence electrons. The van der Waals surface area contributed by atoms with E-state index in [2.05, 4.69) is 42.2 Å². The Morgan fingerprint density at radius 2 is 1.53 bits per heavy atom. The number of thiol groups is 1. The maximum Gasteiger partial charge on any atom is 0.410 e. The minimum Gasteiger partial charge on any atom is -0.455 e. The Bertz CT molecular complexity index is 2290. The minimum absolute atomic E-state index is 0.0398. The third-order valence-electron chi connectivity index (χ3n) is 9.04. The van der Waals surface area contributed by atoms with Crippen molar-refractivity contribution < 1.29 is 60.5 Å². The number of imidazole rings is 2. The maximum atomic E-state index is 16.3. The lowest BCUT2D eigenvalue weighted by Gasteiger charge is -2.30. The molecule has 0 saturated carbocycles. The van der Waals surface area contributed by atoms with Crippen molar-refractivity contribution in [2.45, 2.75) is 88.4 Å². The van der Waals surface area contributed by atoms with Gasteiger partial charge in [-0.2, -0.15) is 0 Å². The second-order valence-electron chi connectivity index (χ2n) is 14.4. The molecule has 3 saturated heterocycles. The van der Waals surface area contributed by atoms with Gasteiger partial charge in [-0.05, 0) is 39.0 Å². The molecule has 0 aliphatic carbocycles. The van der Waals surface area contributed by atoms with E-state index in [1.165, 1.54) is 40.1 Å².